The summed E-state index contributed by atoms with van der Waals surface area (Å²) in [5.74, 6) is -1.06. The minimum atomic E-state index is -0.761. The molecule has 0 saturated carbocycles. The Balaban J connectivity index is 1.89. The zero-order chi connectivity index (χ0) is 18.8. The first kappa shape index (κ1) is 18.4. The molecule has 0 N–H and O–H groups in total. The number of hydrogen-bond acceptors (Lipinski definition) is 4. The monoisotopic (exact) mass is 393 g/mol. The van der Waals surface area contributed by atoms with Crippen molar-refractivity contribution in [2.24, 2.45) is 0 Å². The Kier molecular flexibility index (Phi) is 5.25. The summed E-state index contributed by atoms with van der Waals surface area (Å²) < 4.78 is 20.3. The number of benzene rings is 1. The Hall–Kier alpha value is -2.44. The first-order chi connectivity index (χ1) is 12.3. The van der Waals surface area contributed by atoms with E-state index in [1.807, 2.05) is 0 Å². The lowest BCUT2D eigenvalue weighted by molar-refractivity contribution is 0.0711. The van der Waals surface area contributed by atoms with Gasteiger partial charge in [-0.3, -0.25) is 0 Å². The number of esters is 1. The van der Waals surface area contributed by atoms with Crippen molar-refractivity contribution in [2.45, 2.75) is 20.4 Å². The number of carbonyl (C=O) groups is 1. The zero-order valence-electron chi connectivity index (χ0n) is 14.0. The number of aromatic nitrogens is 3. The highest BCUT2D eigenvalue weighted by Crippen LogP contribution is 2.26. The van der Waals surface area contributed by atoms with E-state index in [0.29, 0.717) is 27.8 Å². The van der Waals surface area contributed by atoms with Crippen LogP contribution in [-0.2, 0) is 6.54 Å². The average molecular weight is 394 g/mol. The number of halogens is 3. The molecule has 5 nitrogen and oxygen atoms in total. The van der Waals surface area contributed by atoms with Gasteiger partial charge in [0.1, 0.15) is 5.82 Å². The number of carbonyl (C=O) groups excluding carboxylic acids is 1. The van der Waals surface area contributed by atoms with Crippen molar-refractivity contribution in [2.75, 3.05) is 0 Å². The van der Waals surface area contributed by atoms with Crippen molar-refractivity contribution >= 4 is 29.2 Å². The number of hydrogen-bond donors (Lipinski definition) is 0. The van der Waals surface area contributed by atoms with E-state index in [9.17, 15) is 9.18 Å². The van der Waals surface area contributed by atoms with Crippen LogP contribution in [0, 0.1) is 19.7 Å². The fourth-order valence-electron chi connectivity index (χ4n) is 2.35. The summed E-state index contributed by atoms with van der Waals surface area (Å²) in [6.07, 6.45) is 1.21. The largest absolute Gasteiger partial charge is 0.403 e. The SMILES string of the molecule is Cc1nn(Cc2ccc(Cl)c(Cl)c2)c(OC(=O)c2cc(F)ccn2)c1C. The molecule has 2 heterocycles. The maximum Gasteiger partial charge on any atom is 0.363 e. The third-order valence-electron chi connectivity index (χ3n) is 3.81. The van der Waals surface area contributed by atoms with Gasteiger partial charge in [0.2, 0.25) is 5.88 Å². The van der Waals surface area contributed by atoms with E-state index in [-0.39, 0.29) is 11.6 Å². The Bertz CT molecular complexity index is 989. The molecule has 0 aliphatic carbocycles. The van der Waals surface area contributed by atoms with Crippen molar-refractivity contribution in [3.63, 3.8) is 0 Å². The molecule has 0 amide bonds. The fourth-order valence-corrected chi connectivity index (χ4v) is 2.67. The molecular formula is C18H14Cl2FN3O2. The minimum Gasteiger partial charge on any atom is -0.403 e. The van der Waals surface area contributed by atoms with Crippen LogP contribution >= 0.6 is 23.2 Å². The van der Waals surface area contributed by atoms with Crippen LogP contribution in [0.4, 0.5) is 4.39 Å². The smallest absolute Gasteiger partial charge is 0.363 e. The lowest BCUT2D eigenvalue weighted by atomic mass is 10.2. The predicted molar refractivity (Wildman–Crippen MR) is 96.4 cm³/mol. The first-order valence-corrected chi connectivity index (χ1v) is 8.42. The fraction of sp³-hybridized carbons (Fsp3) is 0.167. The van der Waals surface area contributed by atoms with Gasteiger partial charge in [0.05, 0.1) is 22.3 Å². The predicted octanol–water partition coefficient (Wildman–Crippen LogP) is 4.61. The van der Waals surface area contributed by atoms with Gasteiger partial charge in [0.15, 0.2) is 5.69 Å². The molecule has 0 aliphatic heterocycles. The van der Waals surface area contributed by atoms with E-state index in [2.05, 4.69) is 10.1 Å². The van der Waals surface area contributed by atoms with Crippen LogP contribution in [0.2, 0.25) is 10.0 Å². The summed E-state index contributed by atoms with van der Waals surface area (Å²) in [7, 11) is 0. The molecule has 134 valence electrons. The number of nitrogens with zero attached hydrogens (tertiary/aromatic N) is 3. The lowest BCUT2D eigenvalue weighted by Gasteiger charge is -2.09. The van der Waals surface area contributed by atoms with Gasteiger partial charge in [-0.2, -0.15) is 5.10 Å². The van der Waals surface area contributed by atoms with Crippen molar-refractivity contribution in [1.82, 2.24) is 14.8 Å². The highest BCUT2D eigenvalue weighted by Gasteiger charge is 2.19. The van der Waals surface area contributed by atoms with Gasteiger partial charge in [0.25, 0.3) is 0 Å². The molecule has 3 aromatic rings. The van der Waals surface area contributed by atoms with Gasteiger partial charge in [0, 0.05) is 17.8 Å². The lowest BCUT2D eigenvalue weighted by Crippen LogP contribution is -2.15. The maximum atomic E-state index is 13.3. The van der Waals surface area contributed by atoms with E-state index < -0.39 is 11.8 Å². The van der Waals surface area contributed by atoms with Crippen LogP contribution in [0.3, 0.4) is 0 Å². The van der Waals surface area contributed by atoms with Gasteiger partial charge in [-0.1, -0.05) is 29.3 Å². The molecule has 0 unspecified atom stereocenters. The first-order valence-electron chi connectivity index (χ1n) is 7.67. The molecule has 0 bridgehead atoms. The molecular weight excluding hydrogens is 380 g/mol. The second-order valence-corrected chi connectivity index (χ2v) is 6.48. The Morgan fingerprint density at radius 2 is 1.96 bits per heavy atom. The van der Waals surface area contributed by atoms with E-state index >= 15 is 0 Å². The maximum absolute atomic E-state index is 13.3. The van der Waals surface area contributed by atoms with E-state index in [4.69, 9.17) is 27.9 Å². The summed E-state index contributed by atoms with van der Waals surface area (Å²) in [6.45, 7) is 3.92. The van der Waals surface area contributed by atoms with E-state index in [1.165, 1.54) is 6.20 Å². The topological polar surface area (TPSA) is 57.0 Å². The molecule has 0 saturated heterocycles. The third kappa shape index (κ3) is 3.86. The van der Waals surface area contributed by atoms with Crippen LogP contribution < -0.4 is 4.74 Å². The van der Waals surface area contributed by atoms with Crippen LogP contribution in [0.1, 0.15) is 27.3 Å². The molecule has 2 aromatic heterocycles. The normalized spacial score (nSPS) is 10.8. The second kappa shape index (κ2) is 7.43. The molecule has 0 atom stereocenters. The molecule has 0 fully saturated rings. The van der Waals surface area contributed by atoms with Crippen LogP contribution in [0.25, 0.3) is 0 Å². The summed E-state index contributed by atoms with van der Waals surface area (Å²) in [5, 5.41) is 5.27. The van der Waals surface area contributed by atoms with Gasteiger partial charge in [-0.25, -0.2) is 18.9 Å². The van der Waals surface area contributed by atoms with Gasteiger partial charge < -0.3 is 4.74 Å². The average Bonchev–Trinajstić information content (AvgIpc) is 2.85. The van der Waals surface area contributed by atoms with Crippen molar-refractivity contribution in [3.8, 4) is 5.88 Å². The van der Waals surface area contributed by atoms with Crippen molar-refractivity contribution < 1.29 is 13.9 Å². The summed E-state index contributed by atoms with van der Waals surface area (Å²) >= 11 is 12.0. The summed E-state index contributed by atoms with van der Waals surface area (Å²) in [5.41, 5.74) is 2.13. The second-order valence-electron chi connectivity index (χ2n) is 5.67. The molecule has 0 spiro atoms. The minimum absolute atomic E-state index is 0.121. The molecule has 0 radical (unpaired) electrons. The molecule has 0 aliphatic rings. The number of rotatable bonds is 4. The van der Waals surface area contributed by atoms with Crippen LogP contribution in [0.15, 0.2) is 36.5 Å². The Labute approximate surface area is 159 Å². The van der Waals surface area contributed by atoms with Crippen molar-refractivity contribution in [3.05, 3.63) is 74.9 Å². The molecule has 3 rings (SSSR count). The van der Waals surface area contributed by atoms with Gasteiger partial charge in [-0.15, -0.1) is 0 Å². The van der Waals surface area contributed by atoms with E-state index in [1.54, 1.807) is 36.7 Å². The third-order valence-corrected chi connectivity index (χ3v) is 4.54. The molecule has 8 heteroatoms. The quantitative estimate of drug-likeness (QED) is 0.607. The van der Waals surface area contributed by atoms with Gasteiger partial charge >= 0.3 is 5.97 Å². The van der Waals surface area contributed by atoms with E-state index in [0.717, 1.165) is 17.7 Å². The highest BCUT2D eigenvalue weighted by molar-refractivity contribution is 6.42. The molecule has 1 aromatic carbocycles. The van der Waals surface area contributed by atoms with Crippen LogP contribution in [0.5, 0.6) is 5.88 Å². The highest BCUT2D eigenvalue weighted by atomic mass is 35.5. The number of ether oxygens (including phenoxy) is 1. The number of aryl methyl sites for hydroxylation is 1. The standard InChI is InChI=1S/C18H14Cl2FN3O2/c1-10-11(2)23-24(9-12-3-4-14(19)15(20)7-12)17(10)26-18(25)16-8-13(21)5-6-22-16/h3-8H,9H2,1-2H3. The summed E-state index contributed by atoms with van der Waals surface area (Å²) in [4.78, 5) is 16.1. The zero-order valence-corrected chi connectivity index (χ0v) is 15.5. The number of pyridine rings is 1. The van der Waals surface area contributed by atoms with Crippen molar-refractivity contribution in [1.29, 1.82) is 0 Å². The summed E-state index contributed by atoms with van der Waals surface area (Å²) in [6, 6.07) is 7.38. The van der Waals surface area contributed by atoms with Gasteiger partial charge in [-0.05, 0) is 37.6 Å². The molecule has 26 heavy (non-hydrogen) atoms. The van der Waals surface area contributed by atoms with Crippen LogP contribution in [-0.4, -0.2) is 20.7 Å². The Morgan fingerprint density at radius 3 is 2.65 bits per heavy atom. The Morgan fingerprint density at radius 1 is 1.19 bits per heavy atom.